The van der Waals surface area contributed by atoms with Crippen molar-refractivity contribution < 1.29 is 24.3 Å². The Morgan fingerprint density at radius 3 is 2.63 bits per heavy atom. The number of rotatable bonds is 6. The number of ether oxygens (including phenoxy) is 2. The summed E-state index contributed by atoms with van der Waals surface area (Å²) in [5.74, 6) is 0.876. The average Bonchev–Trinajstić information content (AvgIpc) is 3.21. The van der Waals surface area contributed by atoms with Crippen molar-refractivity contribution in [3.05, 3.63) is 57.6 Å². The maximum Gasteiger partial charge on any atom is 0.270 e. The number of non-ortho nitro benzene ring substituents is 1. The zero-order valence-corrected chi connectivity index (χ0v) is 16.3. The summed E-state index contributed by atoms with van der Waals surface area (Å²) < 4.78 is 10.6. The first kappa shape index (κ1) is 20.0. The van der Waals surface area contributed by atoms with Gasteiger partial charge >= 0.3 is 0 Å². The van der Waals surface area contributed by atoms with Gasteiger partial charge in [-0.25, -0.2) is 0 Å². The molecule has 1 fully saturated rings. The van der Waals surface area contributed by atoms with E-state index in [9.17, 15) is 20.0 Å². The molecule has 1 heterocycles. The molecule has 1 saturated carbocycles. The molecule has 30 heavy (non-hydrogen) atoms. The van der Waals surface area contributed by atoms with Crippen LogP contribution >= 0.6 is 0 Å². The van der Waals surface area contributed by atoms with Crippen LogP contribution < -0.4 is 20.1 Å². The van der Waals surface area contributed by atoms with Gasteiger partial charge in [0, 0.05) is 30.4 Å². The Hall–Kier alpha value is -3.33. The Bertz CT molecular complexity index is 956. The SMILES string of the molecule is O=C(NCc1ccc2c(c1)OCO2)c1cc([N+](=O)[O-])ccc1N[C@H]1CC[C@H](O)CC1. The summed E-state index contributed by atoms with van der Waals surface area (Å²) in [6, 6.07) is 9.75. The van der Waals surface area contributed by atoms with Crippen molar-refractivity contribution in [1.29, 1.82) is 0 Å². The number of nitro groups is 1. The number of hydrogen-bond acceptors (Lipinski definition) is 7. The van der Waals surface area contributed by atoms with Gasteiger partial charge in [0.1, 0.15) is 0 Å². The minimum Gasteiger partial charge on any atom is -0.454 e. The van der Waals surface area contributed by atoms with Gasteiger partial charge in [-0.15, -0.1) is 0 Å². The van der Waals surface area contributed by atoms with Gasteiger partial charge in [-0.05, 0) is 49.4 Å². The maximum atomic E-state index is 12.9. The number of anilines is 1. The molecule has 1 aliphatic heterocycles. The quantitative estimate of drug-likeness (QED) is 0.491. The number of aliphatic hydroxyl groups excluding tert-OH is 1. The van der Waals surface area contributed by atoms with E-state index in [1.807, 2.05) is 6.07 Å². The lowest BCUT2D eigenvalue weighted by atomic mass is 9.92. The molecule has 1 amide bonds. The summed E-state index contributed by atoms with van der Waals surface area (Å²) in [5, 5.41) is 27.0. The Kier molecular flexibility index (Phi) is 5.71. The van der Waals surface area contributed by atoms with Crippen LogP contribution in [0.1, 0.15) is 41.6 Å². The Morgan fingerprint density at radius 1 is 1.10 bits per heavy atom. The van der Waals surface area contributed by atoms with Gasteiger partial charge < -0.3 is 25.2 Å². The second-order valence-electron chi connectivity index (χ2n) is 7.51. The van der Waals surface area contributed by atoms with Gasteiger partial charge in [-0.2, -0.15) is 0 Å². The van der Waals surface area contributed by atoms with E-state index in [1.54, 1.807) is 18.2 Å². The van der Waals surface area contributed by atoms with Crippen molar-refractivity contribution in [2.24, 2.45) is 0 Å². The van der Waals surface area contributed by atoms with E-state index >= 15 is 0 Å². The molecule has 0 saturated heterocycles. The van der Waals surface area contributed by atoms with Gasteiger partial charge in [0.15, 0.2) is 11.5 Å². The fraction of sp³-hybridized carbons (Fsp3) is 0.381. The zero-order chi connectivity index (χ0) is 21.1. The van der Waals surface area contributed by atoms with Crippen LogP contribution in [0.5, 0.6) is 11.5 Å². The molecule has 0 bridgehead atoms. The molecule has 1 aliphatic carbocycles. The van der Waals surface area contributed by atoms with E-state index in [2.05, 4.69) is 10.6 Å². The molecule has 2 aromatic rings. The molecule has 0 radical (unpaired) electrons. The van der Waals surface area contributed by atoms with E-state index in [0.717, 1.165) is 18.4 Å². The summed E-state index contributed by atoms with van der Waals surface area (Å²) >= 11 is 0. The highest BCUT2D eigenvalue weighted by atomic mass is 16.7. The number of aliphatic hydroxyl groups is 1. The summed E-state index contributed by atoms with van der Waals surface area (Å²) in [6.07, 6.45) is 2.64. The smallest absolute Gasteiger partial charge is 0.270 e. The van der Waals surface area contributed by atoms with Crippen LogP contribution in [0.15, 0.2) is 36.4 Å². The van der Waals surface area contributed by atoms with Crippen molar-refractivity contribution in [2.75, 3.05) is 12.1 Å². The highest BCUT2D eigenvalue weighted by Gasteiger charge is 2.23. The Labute approximate surface area is 173 Å². The first-order valence-corrected chi connectivity index (χ1v) is 9.89. The minimum absolute atomic E-state index is 0.107. The van der Waals surface area contributed by atoms with E-state index in [0.29, 0.717) is 30.0 Å². The van der Waals surface area contributed by atoms with Gasteiger partial charge in [-0.3, -0.25) is 14.9 Å². The fourth-order valence-electron chi connectivity index (χ4n) is 3.73. The number of nitro benzene ring substituents is 1. The number of carbonyl (C=O) groups is 1. The topological polar surface area (TPSA) is 123 Å². The molecular formula is C21H23N3O6. The molecule has 0 atom stereocenters. The summed E-state index contributed by atoms with van der Waals surface area (Å²) in [7, 11) is 0. The third-order valence-corrected chi connectivity index (χ3v) is 5.40. The van der Waals surface area contributed by atoms with Crippen molar-refractivity contribution in [1.82, 2.24) is 5.32 Å². The van der Waals surface area contributed by atoms with Crippen molar-refractivity contribution >= 4 is 17.3 Å². The van der Waals surface area contributed by atoms with Crippen molar-refractivity contribution in [3.63, 3.8) is 0 Å². The summed E-state index contributed by atoms with van der Waals surface area (Å²) in [5.41, 5.74) is 1.45. The van der Waals surface area contributed by atoms with E-state index < -0.39 is 10.8 Å². The zero-order valence-electron chi connectivity index (χ0n) is 16.3. The van der Waals surface area contributed by atoms with Crippen LogP contribution in [0.2, 0.25) is 0 Å². The summed E-state index contributed by atoms with van der Waals surface area (Å²) in [6.45, 7) is 0.416. The third-order valence-electron chi connectivity index (χ3n) is 5.40. The first-order chi connectivity index (χ1) is 14.5. The van der Waals surface area contributed by atoms with Gasteiger partial charge in [0.25, 0.3) is 11.6 Å². The van der Waals surface area contributed by atoms with Gasteiger partial charge in [0.05, 0.1) is 16.6 Å². The van der Waals surface area contributed by atoms with Crippen LogP contribution in [0, 0.1) is 10.1 Å². The van der Waals surface area contributed by atoms with Crippen LogP contribution in [-0.2, 0) is 6.54 Å². The van der Waals surface area contributed by atoms with Crippen LogP contribution in [0.4, 0.5) is 11.4 Å². The molecule has 9 heteroatoms. The molecule has 9 nitrogen and oxygen atoms in total. The standard InChI is InChI=1S/C21H23N3O6/c25-16-5-2-14(3-6-16)23-18-7-4-15(24(27)28)10-17(18)21(26)22-11-13-1-8-19-20(9-13)30-12-29-19/h1,4,7-10,14,16,23,25H,2-3,5-6,11-12H2,(H,22,26)/t14-,16-. The van der Waals surface area contributed by atoms with Gasteiger partial charge in [0.2, 0.25) is 6.79 Å². The van der Waals surface area contributed by atoms with Crippen LogP contribution in [0.3, 0.4) is 0 Å². The van der Waals surface area contributed by atoms with Crippen LogP contribution in [0.25, 0.3) is 0 Å². The Morgan fingerprint density at radius 2 is 1.87 bits per heavy atom. The highest BCUT2D eigenvalue weighted by Crippen LogP contribution is 2.32. The largest absolute Gasteiger partial charge is 0.454 e. The maximum absolute atomic E-state index is 12.9. The number of carbonyl (C=O) groups excluding carboxylic acids is 1. The van der Waals surface area contributed by atoms with Crippen molar-refractivity contribution in [2.45, 2.75) is 44.4 Å². The molecule has 158 valence electrons. The normalized spacial score (nSPS) is 19.9. The molecule has 0 aromatic heterocycles. The minimum atomic E-state index is -0.518. The second kappa shape index (κ2) is 8.58. The highest BCUT2D eigenvalue weighted by molar-refractivity contribution is 6.00. The number of nitrogens with zero attached hydrogens (tertiary/aromatic N) is 1. The second-order valence-corrected chi connectivity index (χ2v) is 7.51. The third kappa shape index (κ3) is 4.46. The summed E-state index contributed by atoms with van der Waals surface area (Å²) in [4.78, 5) is 23.6. The van der Waals surface area contributed by atoms with E-state index in [4.69, 9.17) is 9.47 Å². The molecule has 2 aromatic carbocycles. The molecule has 0 unspecified atom stereocenters. The molecule has 0 spiro atoms. The number of hydrogen-bond donors (Lipinski definition) is 3. The van der Waals surface area contributed by atoms with E-state index in [-0.39, 0.29) is 36.7 Å². The van der Waals surface area contributed by atoms with Gasteiger partial charge in [-0.1, -0.05) is 6.07 Å². The monoisotopic (exact) mass is 413 g/mol. The lowest BCUT2D eigenvalue weighted by Crippen LogP contribution is -2.30. The molecule has 2 aliphatic rings. The average molecular weight is 413 g/mol. The predicted molar refractivity (Wildman–Crippen MR) is 109 cm³/mol. The molecular weight excluding hydrogens is 390 g/mol. The molecule has 3 N–H and O–H groups in total. The Balaban J connectivity index is 1.49. The lowest BCUT2D eigenvalue weighted by molar-refractivity contribution is -0.384. The van der Waals surface area contributed by atoms with E-state index in [1.165, 1.54) is 12.1 Å². The molecule has 4 rings (SSSR count). The van der Waals surface area contributed by atoms with Crippen molar-refractivity contribution in [3.8, 4) is 11.5 Å². The number of nitrogens with one attached hydrogen (secondary N) is 2. The first-order valence-electron chi connectivity index (χ1n) is 9.89. The number of fused-ring (bicyclic) bond motifs is 1. The number of amides is 1. The fourth-order valence-corrected chi connectivity index (χ4v) is 3.73. The van der Waals surface area contributed by atoms with Crippen LogP contribution in [-0.4, -0.2) is 34.9 Å². The predicted octanol–water partition coefficient (Wildman–Crippen LogP) is 2.97. The lowest BCUT2D eigenvalue weighted by Gasteiger charge is -2.27. The number of benzene rings is 2.